The Labute approximate surface area is 166 Å². The number of halogens is 3. The molecule has 2 heterocycles. The van der Waals surface area contributed by atoms with Crippen molar-refractivity contribution in [2.24, 2.45) is 0 Å². The summed E-state index contributed by atoms with van der Waals surface area (Å²) in [7, 11) is 2.08. The number of nitrogens with zero attached hydrogens (tertiary/aromatic N) is 3. The van der Waals surface area contributed by atoms with Crippen LogP contribution in [0.5, 0.6) is 5.75 Å². The van der Waals surface area contributed by atoms with Crippen LogP contribution in [0.1, 0.15) is 12.8 Å². The number of imidazole rings is 1. The van der Waals surface area contributed by atoms with Crippen molar-refractivity contribution < 1.29 is 22.6 Å². The molecule has 0 radical (unpaired) electrons. The van der Waals surface area contributed by atoms with E-state index < -0.39 is 6.36 Å². The van der Waals surface area contributed by atoms with Crippen LogP contribution in [0.25, 0.3) is 22.4 Å². The highest BCUT2D eigenvalue weighted by Gasteiger charge is 2.32. The fourth-order valence-electron chi connectivity index (χ4n) is 3.60. The van der Waals surface area contributed by atoms with Crippen molar-refractivity contribution in [2.75, 3.05) is 20.1 Å². The van der Waals surface area contributed by atoms with Gasteiger partial charge in [-0.05, 0) is 32.0 Å². The second-order valence-electron chi connectivity index (χ2n) is 7.20. The lowest BCUT2D eigenvalue weighted by Gasteiger charge is -2.29. The molecule has 0 bridgehead atoms. The summed E-state index contributed by atoms with van der Waals surface area (Å²) in [6, 6.07) is 13.9. The largest absolute Gasteiger partial charge is 0.573 e. The molecule has 0 atom stereocenters. The lowest BCUT2D eigenvalue weighted by molar-refractivity contribution is -0.274. The Balaban J connectivity index is 1.71. The molecular weight excluding hydrogens is 383 g/mol. The highest BCUT2D eigenvalue weighted by Crippen LogP contribution is 2.33. The van der Waals surface area contributed by atoms with Crippen LogP contribution in [0, 0.1) is 0 Å². The molecule has 1 saturated heterocycles. The van der Waals surface area contributed by atoms with Gasteiger partial charge < -0.3 is 14.4 Å². The minimum absolute atomic E-state index is 0.113. The fourth-order valence-corrected chi connectivity index (χ4v) is 3.60. The average molecular weight is 405 g/mol. The monoisotopic (exact) mass is 405 g/mol. The highest BCUT2D eigenvalue weighted by atomic mass is 19.4. The Morgan fingerprint density at radius 1 is 1.03 bits per heavy atom. The van der Waals surface area contributed by atoms with Gasteiger partial charge >= 0.3 is 6.36 Å². The van der Waals surface area contributed by atoms with E-state index in [-0.39, 0.29) is 24.1 Å². The molecule has 5 nitrogen and oxygen atoms in total. The lowest BCUT2D eigenvalue weighted by Crippen LogP contribution is -2.34. The van der Waals surface area contributed by atoms with Crippen LogP contribution in [0.4, 0.5) is 13.2 Å². The van der Waals surface area contributed by atoms with Gasteiger partial charge in [0.1, 0.15) is 18.1 Å². The molecule has 2 aromatic carbocycles. The third-order valence-electron chi connectivity index (χ3n) is 5.10. The zero-order chi connectivity index (χ0) is 20.4. The summed E-state index contributed by atoms with van der Waals surface area (Å²) in [5, 5.41) is 0. The molecule has 4 rings (SSSR count). The van der Waals surface area contributed by atoms with E-state index in [4.69, 9.17) is 4.74 Å². The maximum absolute atomic E-state index is 12.8. The first-order valence-corrected chi connectivity index (χ1v) is 9.51. The van der Waals surface area contributed by atoms with Crippen molar-refractivity contribution in [3.63, 3.8) is 0 Å². The Kier molecular flexibility index (Phi) is 5.47. The number of rotatable bonds is 5. The van der Waals surface area contributed by atoms with Crippen LogP contribution < -0.4 is 4.74 Å². The predicted molar refractivity (Wildman–Crippen MR) is 103 cm³/mol. The van der Waals surface area contributed by atoms with Gasteiger partial charge in [0.2, 0.25) is 0 Å². The standard InChI is InChI=1S/C21H22F3N3O2/c1-26-12-10-16(11-13-26)28-14-27-17-8-5-9-18(29-21(22,23)24)19(17)25-20(27)15-6-3-2-4-7-15/h2-9,16H,10-14H2,1H3. The molecule has 1 fully saturated rings. The van der Waals surface area contributed by atoms with Gasteiger partial charge in [-0.3, -0.25) is 4.57 Å². The van der Waals surface area contributed by atoms with Gasteiger partial charge in [0.05, 0.1) is 11.6 Å². The summed E-state index contributed by atoms with van der Waals surface area (Å²) in [6.45, 7) is 2.14. The molecule has 0 N–H and O–H groups in total. The van der Waals surface area contributed by atoms with E-state index in [1.54, 1.807) is 6.07 Å². The molecule has 8 heteroatoms. The van der Waals surface area contributed by atoms with Crippen molar-refractivity contribution in [1.29, 1.82) is 0 Å². The van der Waals surface area contributed by atoms with E-state index in [1.165, 1.54) is 12.1 Å². The van der Waals surface area contributed by atoms with Crippen LogP contribution >= 0.6 is 0 Å². The second kappa shape index (κ2) is 8.04. The number of likely N-dealkylation sites (tertiary alicyclic amines) is 1. The molecule has 0 aliphatic carbocycles. The van der Waals surface area contributed by atoms with E-state index in [2.05, 4.69) is 21.7 Å². The van der Waals surface area contributed by atoms with E-state index in [9.17, 15) is 13.2 Å². The van der Waals surface area contributed by atoms with Gasteiger partial charge in [0.15, 0.2) is 5.75 Å². The Morgan fingerprint density at radius 3 is 2.45 bits per heavy atom. The first-order chi connectivity index (χ1) is 13.9. The molecule has 3 aromatic rings. The van der Waals surface area contributed by atoms with Gasteiger partial charge in [-0.25, -0.2) is 4.98 Å². The molecule has 0 amide bonds. The molecule has 0 spiro atoms. The minimum atomic E-state index is -4.78. The fraction of sp³-hybridized carbons (Fsp3) is 0.381. The third kappa shape index (κ3) is 4.54. The van der Waals surface area contributed by atoms with Gasteiger partial charge in [0, 0.05) is 18.7 Å². The maximum atomic E-state index is 12.8. The van der Waals surface area contributed by atoms with E-state index in [1.807, 2.05) is 34.9 Å². The number of para-hydroxylation sites is 1. The summed E-state index contributed by atoms with van der Waals surface area (Å²) >= 11 is 0. The summed E-state index contributed by atoms with van der Waals surface area (Å²) in [4.78, 5) is 6.75. The Hall–Kier alpha value is -2.58. The first-order valence-electron chi connectivity index (χ1n) is 9.51. The van der Waals surface area contributed by atoms with Gasteiger partial charge in [-0.15, -0.1) is 13.2 Å². The SMILES string of the molecule is CN1CCC(OCn2c(-c3ccccc3)nc3c(OC(F)(F)F)cccc32)CC1. The van der Waals surface area contributed by atoms with Crippen LogP contribution in [-0.4, -0.2) is 47.1 Å². The minimum Gasteiger partial charge on any atom is -0.403 e. The molecule has 29 heavy (non-hydrogen) atoms. The normalized spacial score (nSPS) is 16.4. The number of piperidine rings is 1. The molecular formula is C21H22F3N3O2. The maximum Gasteiger partial charge on any atom is 0.573 e. The van der Waals surface area contributed by atoms with E-state index in [0.29, 0.717) is 11.3 Å². The molecule has 154 valence electrons. The third-order valence-corrected chi connectivity index (χ3v) is 5.10. The zero-order valence-electron chi connectivity index (χ0n) is 16.0. The van der Waals surface area contributed by atoms with E-state index in [0.717, 1.165) is 31.5 Å². The number of benzene rings is 2. The van der Waals surface area contributed by atoms with Crippen molar-refractivity contribution in [3.8, 4) is 17.1 Å². The molecule has 0 saturated carbocycles. The zero-order valence-corrected chi connectivity index (χ0v) is 16.0. The van der Waals surface area contributed by atoms with Crippen molar-refractivity contribution in [3.05, 3.63) is 48.5 Å². The molecule has 1 aliphatic rings. The Morgan fingerprint density at radius 2 is 1.76 bits per heavy atom. The quantitative estimate of drug-likeness (QED) is 0.619. The topological polar surface area (TPSA) is 39.5 Å². The van der Waals surface area contributed by atoms with E-state index >= 15 is 0 Å². The number of aromatic nitrogens is 2. The van der Waals surface area contributed by atoms with Gasteiger partial charge in [0.25, 0.3) is 0 Å². The van der Waals surface area contributed by atoms with Crippen molar-refractivity contribution >= 4 is 11.0 Å². The van der Waals surface area contributed by atoms with Gasteiger partial charge in [-0.1, -0.05) is 36.4 Å². The van der Waals surface area contributed by atoms with Crippen LogP contribution in [0.15, 0.2) is 48.5 Å². The number of fused-ring (bicyclic) bond motifs is 1. The number of alkyl halides is 3. The second-order valence-corrected chi connectivity index (χ2v) is 7.20. The first kappa shape index (κ1) is 19.7. The van der Waals surface area contributed by atoms with Crippen LogP contribution in [-0.2, 0) is 11.5 Å². The summed E-state index contributed by atoms with van der Waals surface area (Å²) in [6.07, 6.45) is -2.82. The van der Waals surface area contributed by atoms with Crippen LogP contribution in [0.2, 0.25) is 0 Å². The summed E-state index contributed by atoms with van der Waals surface area (Å²) in [5.41, 5.74) is 1.50. The number of hydrogen-bond acceptors (Lipinski definition) is 4. The molecule has 0 unspecified atom stereocenters. The predicted octanol–water partition coefficient (Wildman–Crippen LogP) is 4.67. The Bertz CT molecular complexity index is 964. The smallest absolute Gasteiger partial charge is 0.403 e. The lowest BCUT2D eigenvalue weighted by atomic mass is 10.1. The summed E-state index contributed by atoms with van der Waals surface area (Å²) < 4.78 is 50.6. The van der Waals surface area contributed by atoms with Crippen molar-refractivity contribution in [2.45, 2.75) is 32.0 Å². The average Bonchev–Trinajstić information content (AvgIpc) is 3.07. The number of hydrogen-bond donors (Lipinski definition) is 0. The van der Waals surface area contributed by atoms with Gasteiger partial charge in [-0.2, -0.15) is 0 Å². The van der Waals surface area contributed by atoms with Crippen LogP contribution in [0.3, 0.4) is 0 Å². The number of ether oxygens (including phenoxy) is 2. The van der Waals surface area contributed by atoms with Crippen molar-refractivity contribution in [1.82, 2.24) is 14.5 Å². The highest BCUT2D eigenvalue weighted by molar-refractivity contribution is 5.86. The molecule has 1 aromatic heterocycles. The molecule has 1 aliphatic heterocycles. The summed E-state index contributed by atoms with van der Waals surface area (Å²) in [5.74, 6) is 0.233.